The Hall–Kier alpha value is -4.40. The predicted molar refractivity (Wildman–Crippen MR) is 162 cm³/mol. The normalized spacial score (nSPS) is 12.7. The number of ketones is 1. The van der Waals surface area contributed by atoms with Crippen molar-refractivity contribution in [2.45, 2.75) is 51.5 Å². The van der Waals surface area contributed by atoms with Crippen LogP contribution in [0.4, 0.5) is 36.4 Å². The summed E-state index contributed by atoms with van der Waals surface area (Å²) in [5, 5.41) is 2.03. The molecule has 1 aromatic heterocycles. The van der Waals surface area contributed by atoms with Gasteiger partial charge in [0.05, 0.1) is 23.9 Å². The van der Waals surface area contributed by atoms with Crippen molar-refractivity contribution < 1.29 is 53.2 Å². The first-order chi connectivity index (χ1) is 21.6. The van der Waals surface area contributed by atoms with Crippen LogP contribution in [0.1, 0.15) is 54.3 Å². The summed E-state index contributed by atoms with van der Waals surface area (Å²) in [7, 11) is -4.41. The van der Waals surface area contributed by atoms with Gasteiger partial charge in [-0.2, -0.15) is 26.3 Å². The number of fused-ring (bicyclic) bond motifs is 1. The van der Waals surface area contributed by atoms with Gasteiger partial charge in [0.25, 0.3) is 5.91 Å². The molecule has 0 aliphatic carbocycles. The third kappa shape index (κ3) is 7.77. The maximum absolute atomic E-state index is 13.7. The molecule has 0 fully saturated rings. The first-order valence-electron chi connectivity index (χ1n) is 14.1. The summed E-state index contributed by atoms with van der Waals surface area (Å²) < 4.78 is 126. The van der Waals surface area contributed by atoms with E-state index in [-0.39, 0.29) is 56.7 Å². The topological polar surface area (TPSA) is 96.7 Å². The van der Waals surface area contributed by atoms with Gasteiger partial charge in [-0.05, 0) is 61.9 Å². The van der Waals surface area contributed by atoms with Crippen molar-refractivity contribution in [2.75, 3.05) is 17.1 Å². The summed E-state index contributed by atoms with van der Waals surface area (Å²) in [6.07, 6.45) is -10.4. The molecule has 0 spiro atoms. The number of carbonyl (C=O) groups is 2. The van der Waals surface area contributed by atoms with Crippen LogP contribution in [0.5, 0.6) is 0 Å². The van der Waals surface area contributed by atoms with Gasteiger partial charge in [-0.15, -0.1) is 0 Å². The number of hydrogen-bond donors (Lipinski definition) is 1. The second kappa shape index (κ2) is 12.7. The maximum Gasteiger partial charge on any atom is 0.410 e. The van der Waals surface area contributed by atoms with Crippen LogP contribution in [0.3, 0.4) is 0 Å². The van der Waals surface area contributed by atoms with Gasteiger partial charge < -0.3 is 9.73 Å². The van der Waals surface area contributed by atoms with Gasteiger partial charge in [0.2, 0.25) is 10.0 Å². The van der Waals surface area contributed by atoms with E-state index in [2.05, 4.69) is 0 Å². The number of nitrogens with one attached hydrogen (secondary N) is 1. The molecule has 0 aliphatic rings. The monoisotopic (exact) mass is 686 g/mol. The lowest BCUT2D eigenvalue weighted by atomic mass is 9.95. The van der Waals surface area contributed by atoms with Crippen molar-refractivity contribution in [1.29, 1.82) is 0 Å². The molecule has 252 valence electrons. The molecule has 47 heavy (non-hydrogen) atoms. The maximum atomic E-state index is 13.7. The van der Waals surface area contributed by atoms with E-state index < -0.39 is 58.4 Å². The highest BCUT2D eigenvalue weighted by atomic mass is 32.2. The second-order valence-electron chi connectivity index (χ2n) is 11.3. The Morgan fingerprint density at radius 1 is 0.915 bits per heavy atom. The van der Waals surface area contributed by atoms with Crippen molar-refractivity contribution in [3.05, 3.63) is 77.6 Å². The number of nitrogens with zero attached hydrogens (tertiary/aromatic N) is 1. The summed E-state index contributed by atoms with van der Waals surface area (Å²) in [6, 6.07) is 12.4. The lowest BCUT2D eigenvalue weighted by Crippen LogP contribution is -2.54. The number of hydrogen-bond acceptors (Lipinski definition) is 5. The van der Waals surface area contributed by atoms with Crippen LogP contribution in [0, 0.1) is 5.82 Å². The van der Waals surface area contributed by atoms with Crippen molar-refractivity contribution in [3.63, 3.8) is 0 Å². The molecule has 0 saturated carbocycles. The van der Waals surface area contributed by atoms with Crippen LogP contribution < -0.4 is 9.62 Å². The first-order valence-corrected chi connectivity index (χ1v) is 15.9. The summed E-state index contributed by atoms with van der Waals surface area (Å²) >= 11 is 0. The molecule has 0 unspecified atom stereocenters. The number of Topliss-reactive ketones (excluding diaryl/α,β-unsaturated/α-hetero) is 1. The Morgan fingerprint density at radius 3 is 2.11 bits per heavy atom. The van der Waals surface area contributed by atoms with Gasteiger partial charge in [-0.25, -0.2) is 12.8 Å². The zero-order valence-corrected chi connectivity index (χ0v) is 26.3. The Bertz CT molecular complexity index is 1930. The van der Waals surface area contributed by atoms with Crippen LogP contribution in [0.25, 0.3) is 33.4 Å². The number of sulfonamides is 1. The summed E-state index contributed by atoms with van der Waals surface area (Å²) in [5.74, 6) is -2.13. The highest BCUT2D eigenvalue weighted by Gasteiger charge is 2.48. The minimum absolute atomic E-state index is 0.00124. The molecule has 0 saturated heterocycles. The Morgan fingerprint density at radius 2 is 1.55 bits per heavy atom. The van der Waals surface area contributed by atoms with Crippen LogP contribution in [-0.2, 0) is 10.0 Å². The van der Waals surface area contributed by atoms with E-state index in [4.69, 9.17) is 4.42 Å². The lowest BCUT2D eigenvalue weighted by Gasteiger charge is -2.29. The summed E-state index contributed by atoms with van der Waals surface area (Å²) in [5.41, 5.74) is -3.00. The molecule has 1 N–H and O–H groups in total. The number of halogens is 7. The third-order valence-electron chi connectivity index (χ3n) is 7.35. The number of furan rings is 1. The van der Waals surface area contributed by atoms with Crippen molar-refractivity contribution in [1.82, 2.24) is 5.32 Å². The Balaban J connectivity index is 2.02. The molecule has 15 heteroatoms. The number of amides is 1. The summed E-state index contributed by atoms with van der Waals surface area (Å²) in [4.78, 5) is 26.2. The van der Waals surface area contributed by atoms with Crippen LogP contribution >= 0.6 is 0 Å². The van der Waals surface area contributed by atoms with Crippen LogP contribution in [0.15, 0.2) is 65.1 Å². The highest BCUT2D eigenvalue weighted by molar-refractivity contribution is 7.92. The van der Waals surface area contributed by atoms with Gasteiger partial charge in [0.15, 0.2) is 5.78 Å². The minimum atomic E-state index is -4.81. The zero-order valence-electron chi connectivity index (χ0n) is 25.4. The smallest absolute Gasteiger partial charge is 0.410 e. The number of rotatable bonds is 10. The fourth-order valence-corrected chi connectivity index (χ4v) is 5.71. The molecular formula is C32H29F7N2O5S. The highest BCUT2D eigenvalue weighted by Crippen LogP contribution is 2.43. The molecule has 7 nitrogen and oxygen atoms in total. The first kappa shape index (κ1) is 35.5. The molecule has 1 amide bonds. The summed E-state index contributed by atoms with van der Waals surface area (Å²) in [6.45, 7) is 2.04. The molecule has 0 aliphatic heterocycles. The molecule has 0 radical (unpaired) electrons. The Labute approximate surface area is 265 Å². The average Bonchev–Trinajstić information content (AvgIpc) is 3.33. The van der Waals surface area contributed by atoms with Crippen molar-refractivity contribution >= 4 is 38.4 Å². The van der Waals surface area contributed by atoms with E-state index in [1.54, 1.807) is 6.92 Å². The van der Waals surface area contributed by atoms with Gasteiger partial charge in [-0.1, -0.05) is 19.1 Å². The molecule has 0 atom stereocenters. The molecule has 4 rings (SSSR count). The lowest BCUT2D eigenvalue weighted by molar-refractivity contribution is -0.182. The van der Waals surface area contributed by atoms with E-state index >= 15 is 0 Å². The molecule has 3 aromatic carbocycles. The number of anilines is 1. The molecular weight excluding hydrogens is 657 g/mol. The molecule has 0 bridgehead atoms. The van der Waals surface area contributed by atoms with Gasteiger partial charge in [-0.3, -0.25) is 13.9 Å². The fraction of sp³-hybridized carbons (Fsp3) is 0.312. The third-order valence-corrected chi connectivity index (χ3v) is 8.53. The number of carbonyl (C=O) groups excluding carboxylic acids is 2. The minimum Gasteiger partial charge on any atom is -0.455 e. The van der Waals surface area contributed by atoms with E-state index in [1.165, 1.54) is 36.4 Å². The predicted octanol–water partition coefficient (Wildman–Crippen LogP) is 8.29. The van der Waals surface area contributed by atoms with Crippen molar-refractivity contribution in [2.24, 2.45) is 0 Å². The average molecular weight is 687 g/mol. The molecule has 1 heterocycles. The SMILES string of the molecule is CCC(=O)c1c(-c2ccc(F)cc2)oc2cc(N(CCC(F)(F)F)S(C)(=O)=O)c(-c3cccc(C(=O)NC(C)(C)C(F)(F)F)c3)cc12. The van der Waals surface area contributed by atoms with E-state index in [0.717, 1.165) is 38.1 Å². The molecule has 4 aromatic rings. The van der Waals surface area contributed by atoms with Crippen molar-refractivity contribution in [3.8, 4) is 22.5 Å². The van der Waals surface area contributed by atoms with E-state index in [9.17, 15) is 48.7 Å². The number of alkyl halides is 6. The van der Waals surface area contributed by atoms with Gasteiger partial charge in [0, 0.05) is 41.1 Å². The Kier molecular flexibility index (Phi) is 9.55. The number of benzene rings is 3. The van der Waals surface area contributed by atoms with Crippen LogP contribution in [0.2, 0.25) is 0 Å². The second-order valence-corrected chi connectivity index (χ2v) is 13.2. The van der Waals surface area contributed by atoms with E-state index in [1.807, 2.05) is 5.32 Å². The fourth-order valence-electron chi connectivity index (χ4n) is 4.78. The standard InChI is InChI=1S/C32H29F7N2O5S/c1-5-25(42)27-23-16-22(19-7-6-8-20(15-19)29(43)40-30(2,3)32(37,38)39)24(41(47(4,44)45)14-13-31(34,35)36)17-26(23)46-28(27)18-9-11-21(33)12-10-18/h6-12,15-17H,5,13-14H2,1-4H3,(H,40,43). The van der Waals surface area contributed by atoms with Crippen LogP contribution in [-0.4, -0.2) is 50.8 Å². The zero-order chi connectivity index (χ0) is 35.1. The van der Waals surface area contributed by atoms with Gasteiger partial charge in [0.1, 0.15) is 22.7 Å². The van der Waals surface area contributed by atoms with E-state index in [0.29, 0.717) is 10.6 Å². The quantitative estimate of drug-likeness (QED) is 0.134. The largest absolute Gasteiger partial charge is 0.455 e. The van der Waals surface area contributed by atoms with Gasteiger partial charge >= 0.3 is 12.4 Å².